The Kier molecular flexibility index (Phi) is 7.66. The summed E-state index contributed by atoms with van der Waals surface area (Å²) in [4.78, 5) is 17.2. The lowest BCUT2D eigenvalue weighted by atomic mass is 9.99. The summed E-state index contributed by atoms with van der Waals surface area (Å²) in [5.41, 5.74) is 1.48. The fourth-order valence-electron chi connectivity index (χ4n) is 3.80. The first-order valence-corrected chi connectivity index (χ1v) is 12.5. The van der Waals surface area contributed by atoms with Crippen molar-refractivity contribution in [2.24, 2.45) is 5.92 Å². The van der Waals surface area contributed by atoms with Crippen LogP contribution in [0.3, 0.4) is 0 Å². The average Bonchev–Trinajstić information content (AvgIpc) is 2.76. The number of nitrogens with one attached hydrogen (secondary N) is 1. The standard InChI is InChI=1S/C24H33N3O5S/c1-16-6-9-20(10-7-16)33(30,31)25-19-8-11-22-21(12-19)24(29)27(18(3)15-28)13-17(2)23(32-22)14-26(4)5/h6-12,17-18,23,25,28H,13-15H2,1-5H3/t17-,18-,23+/m1/s1. The van der Waals surface area contributed by atoms with Crippen LogP contribution in [0, 0.1) is 12.8 Å². The Morgan fingerprint density at radius 2 is 1.88 bits per heavy atom. The maximum absolute atomic E-state index is 13.4. The highest BCUT2D eigenvalue weighted by Gasteiger charge is 2.33. The summed E-state index contributed by atoms with van der Waals surface area (Å²) in [6.07, 6.45) is -0.185. The smallest absolute Gasteiger partial charge is 0.261 e. The largest absolute Gasteiger partial charge is 0.488 e. The second-order valence-electron chi connectivity index (χ2n) is 9.01. The zero-order valence-electron chi connectivity index (χ0n) is 19.8. The highest BCUT2D eigenvalue weighted by molar-refractivity contribution is 7.92. The van der Waals surface area contributed by atoms with E-state index in [1.54, 1.807) is 36.1 Å². The molecule has 2 N–H and O–H groups in total. The number of carbonyl (C=O) groups is 1. The van der Waals surface area contributed by atoms with Crippen molar-refractivity contribution in [1.82, 2.24) is 9.80 Å². The van der Waals surface area contributed by atoms with Crippen molar-refractivity contribution in [3.63, 3.8) is 0 Å². The number of sulfonamides is 1. The van der Waals surface area contributed by atoms with Crippen LogP contribution < -0.4 is 9.46 Å². The molecule has 1 aliphatic heterocycles. The minimum atomic E-state index is -3.82. The molecule has 1 amide bonds. The number of ether oxygens (including phenoxy) is 1. The lowest BCUT2D eigenvalue weighted by molar-refractivity contribution is 0.0363. The van der Waals surface area contributed by atoms with Gasteiger partial charge in [0.1, 0.15) is 11.9 Å². The van der Waals surface area contributed by atoms with Gasteiger partial charge in [-0.15, -0.1) is 0 Å². The SMILES string of the molecule is Cc1ccc(S(=O)(=O)Nc2ccc3c(c2)C(=O)N([C@H](C)CO)C[C@@H](C)[C@H](CN(C)C)O3)cc1. The third-order valence-corrected chi connectivity index (χ3v) is 7.19. The lowest BCUT2D eigenvalue weighted by Gasteiger charge is -2.37. The van der Waals surface area contributed by atoms with E-state index in [-0.39, 0.29) is 46.7 Å². The molecular weight excluding hydrogens is 442 g/mol. The minimum Gasteiger partial charge on any atom is -0.488 e. The van der Waals surface area contributed by atoms with E-state index in [2.05, 4.69) is 4.72 Å². The molecule has 3 rings (SSSR count). The molecule has 0 bridgehead atoms. The van der Waals surface area contributed by atoms with Crippen molar-refractivity contribution in [2.75, 3.05) is 38.5 Å². The van der Waals surface area contributed by atoms with Crippen LogP contribution in [0.4, 0.5) is 5.69 Å². The van der Waals surface area contributed by atoms with Crippen LogP contribution in [0.15, 0.2) is 47.4 Å². The van der Waals surface area contributed by atoms with Gasteiger partial charge in [-0.1, -0.05) is 24.6 Å². The number of hydrogen-bond acceptors (Lipinski definition) is 6. The average molecular weight is 476 g/mol. The first-order valence-electron chi connectivity index (χ1n) is 11.0. The summed E-state index contributed by atoms with van der Waals surface area (Å²) >= 11 is 0. The monoisotopic (exact) mass is 475 g/mol. The van der Waals surface area contributed by atoms with Crippen LogP contribution in [-0.2, 0) is 10.0 Å². The molecule has 8 nitrogen and oxygen atoms in total. The highest BCUT2D eigenvalue weighted by atomic mass is 32.2. The van der Waals surface area contributed by atoms with Gasteiger partial charge in [-0.25, -0.2) is 8.42 Å². The maximum atomic E-state index is 13.4. The van der Waals surface area contributed by atoms with Crippen LogP contribution in [0.5, 0.6) is 5.75 Å². The predicted molar refractivity (Wildman–Crippen MR) is 128 cm³/mol. The van der Waals surface area contributed by atoms with Gasteiger partial charge in [0, 0.05) is 24.7 Å². The normalized spacial score (nSPS) is 20.0. The van der Waals surface area contributed by atoms with Crippen LogP contribution in [0.1, 0.15) is 29.8 Å². The van der Waals surface area contributed by atoms with Gasteiger partial charge < -0.3 is 19.6 Å². The fourth-order valence-corrected chi connectivity index (χ4v) is 4.84. The van der Waals surface area contributed by atoms with E-state index in [0.29, 0.717) is 18.8 Å². The van der Waals surface area contributed by atoms with Crippen molar-refractivity contribution in [3.05, 3.63) is 53.6 Å². The Bertz CT molecular complexity index is 1090. The summed E-state index contributed by atoms with van der Waals surface area (Å²) < 4.78 is 34.5. The van der Waals surface area contributed by atoms with Gasteiger partial charge in [-0.2, -0.15) is 0 Å². The Hall–Kier alpha value is -2.62. The molecule has 0 saturated heterocycles. The number of aliphatic hydroxyl groups is 1. The maximum Gasteiger partial charge on any atom is 0.261 e. The molecule has 2 aromatic rings. The zero-order valence-corrected chi connectivity index (χ0v) is 20.6. The van der Waals surface area contributed by atoms with Crippen molar-refractivity contribution >= 4 is 21.6 Å². The second kappa shape index (κ2) is 10.1. The molecule has 33 heavy (non-hydrogen) atoms. The molecule has 180 valence electrons. The molecule has 1 heterocycles. The summed E-state index contributed by atoms with van der Waals surface area (Å²) in [6.45, 7) is 6.59. The number of hydrogen-bond donors (Lipinski definition) is 2. The number of nitrogens with zero attached hydrogens (tertiary/aromatic N) is 2. The molecule has 0 radical (unpaired) electrons. The molecule has 0 fully saturated rings. The Morgan fingerprint density at radius 3 is 2.48 bits per heavy atom. The number of aliphatic hydroxyl groups excluding tert-OH is 1. The number of benzene rings is 2. The highest BCUT2D eigenvalue weighted by Crippen LogP contribution is 2.31. The van der Waals surface area contributed by atoms with Crippen LogP contribution >= 0.6 is 0 Å². The number of anilines is 1. The van der Waals surface area contributed by atoms with E-state index in [4.69, 9.17) is 4.74 Å². The molecule has 9 heteroatoms. The van der Waals surface area contributed by atoms with Gasteiger partial charge in [-0.05, 0) is 58.3 Å². The first-order chi connectivity index (χ1) is 15.5. The Balaban J connectivity index is 2.00. The number of fused-ring (bicyclic) bond motifs is 1. The molecular formula is C24H33N3O5S. The van der Waals surface area contributed by atoms with Gasteiger partial charge >= 0.3 is 0 Å². The van der Waals surface area contributed by atoms with Crippen molar-refractivity contribution in [1.29, 1.82) is 0 Å². The zero-order chi connectivity index (χ0) is 24.3. The number of rotatable bonds is 7. The molecule has 0 aromatic heterocycles. The van der Waals surface area contributed by atoms with Gasteiger partial charge in [0.2, 0.25) is 0 Å². The third kappa shape index (κ3) is 5.85. The quantitative estimate of drug-likeness (QED) is 0.639. The number of amides is 1. The van der Waals surface area contributed by atoms with E-state index in [9.17, 15) is 18.3 Å². The Labute approximate surface area is 196 Å². The second-order valence-corrected chi connectivity index (χ2v) is 10.7. The summed E-state index contributed by atoms with van der Waals surface area (Å²) in [7, 11) is 0.0899. The molecule has 0 saturated carbocycles. The first kappa shape index (κ1) is 25.0. The van der Waals surface area contributed by atoms with Gasteiger partial charge in [0.25, 0.3) is 15.9 Å². The molecule has 0 unspecified atom stereocenters. The van der Waals surface area contributed by atoms with Gasteiger partial charge in [0.15, 0.2) is 0 Å². The van der Waals surface area contributed by atoms with E-state index >= 15 is 0 Å². The van der Waals surface area contributed by atoms with E-state index in [0.717, 1.165) is 5.56 Å². The van der Waals surface area contributed by atoms with Crippen LogP contribution in [0.25, 0.3) is 0 Å². The molecule has 2 aromatic carbocycles. The number of aryl methyl sites for hydroxylation is 1. The van der Waals surface area contributed by atoms with Crippen molar-refractivity contribution < 1.29 is 23.1 Å². The van der Waals surface area contributed by atoms with Crippen LogP contribution in [-0.4, -0.2) is 75.2 Å². The van der Waals surface area contributed by atoms with Gasteiger partial charge in [-0.3, -0.25) is 9.52 Å². The molecule has 3 atom stereocenters. The minimum absolute atomic E-state index is 0.0261. The summed E-state index contributed by atoms with van der Waals surface area (Å²) in [5.74, 6) is 0.114. The predicted octanol–water partition coefficient (Wildman–Crippen LogP) is 2.58. The van der Waals surface area contributed by atoms with Crippen LogP contribution in [0.2, 0.25) is 0 Å². The van der Waals surface area contributed by atoms with E-state index < -0.39 is 10.0 Å². The van der Waals surface area contributed by atoms with E-state index in [1.807, 2.05) is 32.8 Å². The molecule has 1 aliphatic rings. The molecule has 0 aliphatic carbocycles. The van der Waals surface area contributed by atoms with Gasteiger partial charge in [0.05, 0.1) is 23.1 Å². The number of carbonyl (C=O) groups excluding carboxylic acids is 1. The Morgan fingerprint density at radius 1 is 1.21 bits per heavy atom. The third-order valence-electron chi connectivity index (χ3n) is 5.79. The van der Waals surface area contributed by atoms with Crippen molar-refractivity contribution in [3.8, 4) is 5.75 Å². The summed E-state index contributed by atoms with van der Waals surface area (Å²) in [5, 5.41) is 9.74. The molecule has 0 spiro atoms. The van der Waals surface area contributed by atoms with E-state index in [1.165, 1.54) is 18.2 Å². The lowest BCUT2D eigenvalue weighted by Crippen LogP contribution is -2.49. The van der Waals surface area contributed by atoms with Crippen molar-refractivity contribution in [2.45, 2.75) is 37.8 Å². The fraction of sp³-hybridized carbons (Fsp3) is 0.458. The number of likely N-dealkylation sites (N-methyl/N-ethyl adjacent to an activating group) is 1. The topological polar surface area (TPSA) is 99.2 Å². The summed E-state index contributed by atoms with van der Waals surface area (Å²) in [6, 6.07) is 10.9.